The van der Waals surface area contributed by atoms with Gasteiger partial charge in [-0.25, -0.2) is 0 Å². The van der Waals surface area contributed by atoms with Crippen LogP contribution in [0.2, 0.25) is 0 Å². The van der Waals surface area contributed by atoms with Crippen LogP contribution >= 0.6 is 0 Å². The van der Waals surface area contributed by atoms with Crippen molar-refractivity contribution in [3.05, 3.63) is 35.4 Å². The molecule has 1 aliphatic carbocycles. The van der Waals surface area contributed by atoms with E-state index in [9.17, 15) is 0 Å². The molecular weight excluding hydrogens is 280 g/mol. The molecule has 0 saturated heterocycles. The Labute approximate surface area is 133 Å². The lowest BCUT2D eigenvalue weighted by atomic mass is 9.83. The molecule has 0 atom stereocenters. The number of hydrogen-bond donors (Lipinski definition) is 4. The van der Waals surface area contributed by atoms with E-state index in [1.807, 2.05) is 24.3 Å². The van der Waals surface area contributed by atoms with Crippen molar-refractivity contribution in [1.29, 1.82) is 0 Å². The molecule has 1 saturated carbocycles. The SMILES string of the molecule is OCC1CCC(CO)CC1.OCCc1ccc(CCO)cc1. The zero-order valence-corrected chi connectivity index (χ0v) is 13.3. The number of hydrogen-bond acceptors (Lipinski definition) is 4. The first-order chi connectivity index (χ1) is 10.7. The van der Waals surface area contributed by atoms with Crippen molar-refractivity contribution in [3.63, 3.8) is 0 Å². The molecule has 0 amide bonds. The highest BCUT2D eigenvalue weighted by Crippen LogP contribution is 2.27. The fourth-order valence-electron chi connectivity index (χ4n) is 2.73. The molecule has 1 aromatic carbocycles. The molecule has 0 bridgehead atoms. The van der Waals surface area contributed by atoms with Crippen LogP contribution in [0.4, 0.5) is 0 Å². The Bertz CT molecular complexity index is 332. The predicted octanol–water partition coefficient (Wildman–Crippen LogP) is 1.53. The van der Waals surface area contributed by atoms with E-state index in [0.717, 1.165) is 36.8 Å². The Morgan fingerprint density at radius 2 is 0.955 bits per heavy atom. The molecule has 0 aliphatic heterocycles. The van der Waals surface area contributed by atoms with Gasteiger partial charge in [-0.1, -0.05) is 24.3 Å². The zero-order valence-electron chi connectivity index (χ0n) is 13.3. The molecule has 1 aromatic rings. The maximum atomic E-state index is 8.79. The van der Waals surface area contributed by atoms with E-state index in [4.69, 9.17) is 20.4 Å². The molecule has 0 spiro atoms. The van der Waals surface area contributed by atoms with Crippen molar-refractivity contribution in [2.75, 3.05) is 26.4 Å². The number of aliphatic hydroxyl groups is 4. The molecule has 0 radical (unpaired) electrons. The molecule has 2 rings (SSSR count). The highest BCUT2D eigenvalue weighted by Gasteiger charge is 2.19. The second-order valence-electron chi connectivity index (χ2n) is 6.02. The van der Waals surface area contributed by atoms with E-state index in [1.54, 1.807) is 0 Å². The van der Waals surface area contributed by atoms with E-state index in [0.29, 0.717) is 37.9 Å². The lowest BCUT2D eigenvalue weighted by Gasteiger charge is -2.25. The molecule has 0 unspecified atom stereocenters. The normalized spacial score (nSPS) is 21.1. The third-order valence-electron chi connectivity index (χ3n) is 4.31. The number of aliphatic hydroxyl groups excluding tert-OH is 4. The Hall–Kier alpha value is -0.940. The molecule has 0 heterocycles. The van der Waals surface area contributed by atoms with Gasteiger partial charge in [-0.15, -0.1) is 0 Å². The van der Waals surface area contributed by atoms with Gasteiger partial charge < -0.3 is 20.4 Å². The second-order valence-corrected chi connectivity index (χ2v) is 6.02. The van der Waals surface area contributed by atoms with Crippen LogP contribution in [-0.4, -0.2) is 46.9 Å². The standard InChI is InChI=1S/C10H14O2.C8H16O2/c11-7-5-9-1-2-10(4-3-9)6-8-12;9-5-7-1-2-8(6-10)4-3-7/h1-4,11-12H,5-8H2;7-10H,1-6H2. The van der Waals surface area contributed by atoms with Crippen molar-refractivity contribution < 1.29 is 20.4 Å². The summed E-state index contributed by atoms with van der Waals surface area (Å²) in [5.74, 6) is 1.03. The molecule has 4 N–H and O–H groups in total. The smallest absolute Gasteiger partial charge is 0.0471 e. The van der Waals surface area contributed by atoms with E-state index in [1.165, 1.54) is 0 Å². The predicted molar refractivity (Wildman–Crippen MR) is 87.6 cm³/mol. The quantitative estimate of drug-likeness (QED) is 0.642. The molecule has 0 aromatic heterocycles. The molecule has 126 valence electrons. The van der Waals surface area contributed by atoms with Gasteiger partial charge in [0.15, 0.2) is 0 Å². The Morgan fingerprint density at radius 1 is 0.636 bits per heavy atom. The first kappa shape index (κ1) is 19.1. The van der Waals surface area contributed by atoms with Gasteiger partial charge in [0, 0.05) is 26.4 Å². The first-order valence-electron chi connectivity index (χ1n) is 8.24. The van der Waals surface area contributed by atoms with E-state index in [-0.39, 0.29) is 13.2 Å². The molecule has 4 heteroatoms. The van der Waals surface area contributed by atoms with Gasteiger partial charge >= 0.3 is 0 Å². The summed E-state index contributed by atoms with van der Waals surface area (Å²) in [7, 11) is 0. The van der Waals surface area contributed by atoms with Crippen LogP contribution in [0.5, 0.6) is 0 Å². The second kappa shape index (κ2) is 11.6. The van der Waals surface area contributed by atoms with Crippen LogP contribution < -0.4 is 0 Å². The average Bonchev–Trinajstić information content (AvgIpc) is 2.58. The van der Waals surface area contributed by atoms with Crippen LogP contribution in [0, 0.1) is 11.8 Å². The molecule has 4 nitrogen and oxygen atoms in total. The third kappa shape index (κ3) is 7.36. The Balaban J connectivity index is 0.000000224. The lowest BCUT2D eigenvalue weighted by Crippen LogP contribution is -2.19. The summed E-state index contributed by atoms with van der Waals surface area (Å²) in [6.07, 6.45) is 5.81. The minimum Gasteiger partial charge on any atom is -0.396 e. The van der Waals surface area contributed by atoms with Crippen LogP contribution in [0.1, 0.15) is 36.8 Å². The first-order valence-corrected chi connectivity index (χ1v) is 8.24. The fraction of sp³-hybridized carbons (Fsp3) is 0.667. The average molecular weight is 310 g/mol. The fourth-order valence-corrected chi connectivity index (χ4v) is 2.73. The largest absolute Gasteiger partial charge is 0.396 e. The Kier molecular flexibility index (Phi) is 10.1. The van der Waals surface area contributed by atoms with Crippen LogP contribution in [0.15, 0.2) is 24.3 Å². The van der Waals surface area contributed by atoms with E-state index < -0.39 is 0 Å². The number of rotatable bonds is 6. The highest BCUT2D eigenvalue weighted by atomic mass is 16.3. The summed E-state index contributed by atoms with van der Waals surface area (Å²) in [5.41, 5.74) is 2.28. The third-order valence-corrected chi connectivity index (χ3v) is 4.31. The van der Waals surface area contributed by atoms with Gasteiger partial charge in [-0.3, -0.25) is 0 Å². The molecular formula is C18H30O4. The van der Waals surface area contributed by atoms with Gasteiger partial charge in [0.2, 0.25) is 0 Å². The van der Waals surface area contributed by atoms with Crippen molar-refractivity contribution in [1.82, 2.24) is 0 Å². The summed E-state index contributed by atoms with van der Waals surface area (Å²) in [6, 6.07) is 7.95. The summed E-state index contributed by atoms with van der Waals surface area (Å²) in [5, 5.41) is 34.9. The van der Waals surface area contributed by atoms with Gasteiger partial charge in [0.1, 0.15) is 0 Å². The van der Waals surface area contributed by atoms with E-state index >= 15 is 0 Å². The summed E-state index contributed by atoms with van der Waals surface area (Å²) in [4.78, 5) is 0. The van der Waals surface area contributed by atoms with Crippen molar-refractivity contribution >= 4 is 0 Å². The van der Waals surface area contributed by atoms with Crippen molar-refractivity contribution in [3.8, 4) is 0 Å². The maximum absolute atomic E-state index is 8.79. The van der Waals surface area contributed by atoms with Gasteiger partial charge in [0.25, 0.3) is 0 Å². The zero-order chi connectivity index (χ0) is 16.2. The van der Waals surface area contributed by atoms with Crippen LogP contribution in [-0.2, 0) is 12.8 Å². The maximum Gasteiger partial charge on any atom is 0.0471 e. The van der Waals surface area contributed by atoms with Crippen LogP contribution in [0.25, 0.3) is 0 Å². The molecule has 1 aliphatic rings. The molecule has 22 heavy (non-hydrogen) atoms. The number of benzene rings is 1. The summed E-state index contributed by atoms with van der Waals surface area (Å²) >= 11 is 0. The summed E-state index contributed by atoms with van der Waals surface area (Å²) < 4.78 is 0. The van der Waals surface area contributed by atoms with E-state index in [2.05, 4.69) is 0 Å². The van der Waals surface area contributed by atoms with Gasteiger partial charge in [-0.2, -0.15) is 0 Å². The van der Waals surface area contributed by atoms with Crippen molar-refractivity contribution in [2.45, 2.75) is 38.5 Å². The monoisotopic (exact) mass is 310 g/mol. The topological polar surface area (TPSA) is 80.9 Å². The minimum atomic E-state index is 0.194. The minimum absolute atomic E-state index is 0.194. The van der Waals surface area contributed by atoms with Gasteiger partial charge in [0.05, 0.1) is 0 Å². The molecule has 1 fully saturated rings. The van der Waals surface area contributed by atoms with Crippen molar-refractivity contribution in [2.24, 2.45) is 11.8 Å². The lowest BCUT2D eigenvalue weighted by molar-refractivity contribution is 0.131. The summed E-state index contributed by atoms with van der Waals surface area (Å²) in [6.45, 7) is 1.05. The van der Waals surface area contributed by atoms with Gasteiger partial charge in [-0.05, 0) is 61.5 Å². The van der Waals surface area contributed by atoms with Crippen LogP contribution in [0.3, 0.4) is 0 Å². The Morgan fingerprint density at radius 3 is 1.18 bits per heavy atom. The highest BCUT2D eigenvalue weighted by molar-refractivity contribution is 5.22.